The standard InChI is InChI=1S/C44H81O12P/c1-3-5-7-9-11-13-15-17-18-19-20-22-24-26-28-30-32-34-53-35-37(36-54-57(51,52)56-44-42(49)40(47)39(46)41(48)43(44)50)55-38(45)33-31-29-27-25-23-21-16-14-12-10-8-6-4-2/h8,10,14,16,18-19,37,39-44,46-50H,3-7,9,11-13,15,17,20-36H2,1-2H3,(H,51,52)/b10-8-,16-14-,19-18-. The van der Waals surface area contributed by atoms with Gasteiger partial charge in [0.25, 0.3) is 0 Å². The maximum absolute atomic E-state index is 12.8. The third-order valence-corrected chi connectivity index (χ3v) is 11.2. The van der Waals surface area contributed by atoms with Gasteiger partial charge in [0.1, 0.15) is 42.7 Å². The van der Waals surface area contributed by atoms with Crippen LogP contribution < -0.4 is 0 Å². The van der Waals surface area contributed by atoms with Gasteiger partial charge in [0.05, 0.1) is 13.2 Å². The van der Waals surface area contributed by atoms with E-state index >= 15 is 0 Å². The number of hydrogen-bond donors (Lipinski definition) is 6. The molecule has 0 aromatic rings. The molecule has 1 aliphatic carbocycles. The topological polar surface area (TPSA) is 192 Å². The molecule has 6 N–H and O–H groups in total. The first kappa shape index (κ1) is 53.6. The third-order valence-electron chi connectivity index (χ3n) is 10.2. The lowest BCUT2D eigenvalue weighted by molar-refractivity contribution is -0.220. The van der Waals surface area contributed by atoms with Gasteiger partial charge in [0.15, 0.2) is 0 Å². The van der Waals surface area contributed by atoms with Gasteiger partial charge in [0.2, 0.25) is 0 Å². The van der Waals surface area contributed by atoms with E-state index in [-0.39, 0.29) is 13.0 Å². The Balaban J connectivity index is 2.42. The average Bonchev–Trinajstić information content (AvgIpc) is 3.19. The fraction of sp³-hybridized carbons (Fsp3) is 0.841. The van der Waals surface area contributed by atoms with Crippen molar-refractivity contribution in [3.05, 3.63) is 36.5 Å². The summed E-state index contributed by atoms with van der Waals surface area (Å²) in [5.41, 5.74) is 0. The van der Waals surface area contributed by atoms with Crippen LogP contribution in [0.3, 0.4) is 0 Å². The summed E-state index contributed by atoms with van der Waals surface area (Å²) >= 11 is 0. The largest absolute Gasteiger partial charge is 0.472 e. The van der Waals surface area contributed by atoms with E-state index in [2.05, 4.69) is 50.3 Å². The highest BCUT2D eigenvalue weighted by atomic mass is 31.2. The van der Waals surface area contributed by atoms with Gasteiger partial charge in [-0.15, -0.1) is 0 Å². The zero-order valence-electron chi connectivity index (χ0n) is 35.4. The quantitative estimate of drug-likeness (QED) is 0.0151. The van der Waals surface area contributed by atoms with Crippen molar-refractivity contribution in [1.29, 1.82) is 0 Å². The van der Waals surface area contributed by atoms with Crippen LogP contribution >= 0.6 is 7.82 Å². The molecule has 334 valence electrons. The first-order valence-corrected chi connectivity index (χ1v) is 23.8. The number of hydrogen-bond acceptors (Lipinski definition) is 11. The number of allylic oxidation sites excluding steroid dienone is 6. The molecule has 0 spiro atoms. The van der Waals surface area contributed by atoms with Crippen molar-refractivity contribution in [2.75, 3.05) is 19.8 Å². The molecular formula is C44H81O12P. The van der Waals surface area contributed by atoms with Crippen molar-refractivity contribution < 1.29 is 58.3 Å². The van der Waals surface area contributed by atoms with E-state index in [4.69, 9.17) is 18.5 Å². The van der Waals surface area contributed by atoms with Crippen LogP contribution in [0.1, 0.15) is 174 Å². The number of unbranched alkanes of at least 4 members (excludes halogenated alkanes) is 19. The molecule has 1 fully saturated rings. The third kappa shape index (κ3) is 27.9. The predicted molar refractivity (Wildman–Crippen MR) is 226 cm³/mol. The van der Waals surface area contributed by atoms with Crippen molar-refractivity contribution >= 4 is 13.8 Å². The summed E-state index contributed by atoms with van der Waals surface area (Å²) in [4.78, 5) is 23.1. The fourth-order valence-electron chi connectivity index (χ4n) is 6.62. The minimum absolute atomic E-state index is 0.0862. The molecule has 0 aliphatic heterocycles. The second-order valence-corrected chi connectivity index (χ2v) is 16.9. The molecule has 0 saturated heterocycles. The molecule has 13 heteroatoms. The van der Waals surface area contributed by atoms with Gasteiger partial charge in [0, 0.05) is 13.0 Å². The Morgan fingerprint density at radius 3 is 1.56 bits per heavy atom. The summed E-state index contributed by atoms with van der Waals surface area (Å²) < 4.78 is 34.1. The van der Waals surface area contributed by atoms with Crippen molar-refractivity contribution in [2.45, 2.75) is 217 Å². The van der Waals surface area contributed by atoms with Crippen molar-refractivity contribution in [3.8, 4) is 0 Å². The summed E-state index contributed by atoms with van der Waals surface area (Å²) in [6.07, 6.45) is 27.9. The van der Waals surface area contributed by atoms with E-state index < -0.39 is 63.1 Å². The molecular weight excluding hydrogens is 751 g/mol. The number of rotatable bonds is 37. The predicted octanol–water partition coefficient (Wildman–Crippen LogP) is 8.70. The van der Waals surface area contributed by atoms with Gasteiger partial charge >= 0.3 is 13.8 Å². The number of aliphatic hydroxyl groups excluding tert-OH is 5. The molecule has 0 aromatic heterocycles. The Morgan fingerprint density at radius 1 is 0.561 bits per heavy atom. The summed E-state index contributed by atoms with van der Waals surface area (Å²) in [5, 5.41) is 50.1. The number of phosphoric acid groups is 1. The highest BCUT2D eigenvalue weighted by molar-refractivity contribution is 7.47. The maximum atomic E-state index is 12.8. The first-order chi connectivity index (χ1) is 27.5. The van der Waals surface area contributed by atoms with Crippen molar-refractivity contribution in [1.82, 2.24) is 0 Å². The van der Waals surface area contributed by atoms with E-state index in [1.807, 2.05) is 0 Å². The fourth-order valence-corrected chi connectivity index (χ4v) is 7.59. The number of carbonyl (C=O) groups excluding carboxylic acids is 1. The molecule has 0 radical (unpaired) electrons. The molecule has 6 unspecified atom stereocenters. The molecule has 57 heavy (non-hydrogen) atoms. The molecule has 0 aromatic carbocycles. The molecule has 1 aliphatic rings. The Bertz CT molecular complexity index is 1090. The Hall–Kier alpha value is -1.44. The summed E-state index contributed by atoms with van der Waals surface area (Å²) in [5.74, 6) is -0.494. The van der Waals surface area contributed by atoms with Crippen LogP contribution in [-0.2, 0) is 27.9 Å². The normalized spacial score (nSPS) is 23.2. The molecule has 1 saturated carbocycles. The number of esters is 1. The Labute approximate surface area is 344 Å². The van der Waals surface area contributed by atoms with Crippen LogP contribution in [-0.4, -0.2) is 98.9 Å². The molecule has 0 heterocycles. The summed E-state index contributed by atoms with van der Waals surface area (Å²) in [6, 6.07) is 0. The van der Waals surface area contributed by atoms with Crippen LogP contribution in [0.15, 0.2) is 36.5 Å². The number of carbonyl (C=O) groups is 1. The summed E-state index contributed by atoms with van der Waals surface area (Å²) in [7, 11) is -5.02. The van der Waals surface area contributed by atoms with Crippen molar-refractivity contribution in [2.24, 2.45) is 0 Å². The zero-order chi connectivity index (χ0) is 42.0. The number of ether oxygens (including phenoxy) is 2. The molecule has 12 nitrogen and oxygen atoms in total. The van der Waals surface area contributed by atoms with Crippen LogP contribution in [0, 0.1) is 0 Å². The number of phosphoric ester groups is 1. The number of aliphatic hydroxyl groups is 5. The minimum atomic E-state index is -5.02. The second-order valence-electron chi connectivity index (χ2n) is 15.5. The van der Waals surface area contributed by atoms with Crippen molar-refractivity contribution in [3.63, 3.8) is 0 Å². The highest BCUT2D eigenvalue weighted by Crippen LogP contribution is 2.47. The Morgan fingerprint density at radius 2 is 1.02 bits per heavy atom. The second kappa shape index (κ2) is 35.3. The van der Waals surface area contributed by atoms with Crippen LogP contribution in [0.5, 0.6) is 0 Å². The van der Waals surface area contributed by atoms with E-state index in [0.29, 0.717) is 13.0 Å². The molecule has 0 amide bonds. The molecule has 0 bridgehead atoms. The monoisotopic (exact) mass is 833 g/mol. The zero-order valence-corrected chi connectivity index (χ0v) is 36.3. The SMILES string of the molecule is CCC/C=C\C/C=C\CCCCCCCC(=O)OC(COCCCCCCCC/C=C\CCCCCCCCC)COP(=O)(O)OC1C(O)C(O)C(O)C(O)C1O. The smallest absolute Gasteiger partial charge is 0.457 e. The van der Waals surface area contributed by atoms with Gasteiger partial charge in [-0.2, -0.15) is 0 Å². The van der Waals surface area contributed by atoms with E-state index in [9.17, 15) is 39.8 Å². The lowest BCUT2D eigenvalue weighted by Crippen LogP contribution is -2.64. The molecule has 6 atom stereocenters. The van der Waals surface area contributed by atoms with Gasteiger partial charge < -0.3 is 39.9 Å². The highest BCUT2D eigenvalue weighted by Gasteiger charge is 2.51. The average molecular weight is 833 g/mol. The van der Waals surface area contributed by atoms with E-state index in [0.717, 1.165) is 83.5 Å². The van der Waals surface area contributed by atoms with Gasteiger partial charge in [-0.3, -0.25) is 13.8 Å². The van der Waals surface area contributed by atoms with Crippen LogP contribution in [0.4, 0.5) is 0 Å². The lowest BCUT2D eigenvalue weighted by Gasteiger charge is -2.41. The Kier molecular flexibility index (Phi) is 33.2. The van der Waals surface area contributed by atoms with E-state index in [1.54, 1.807) is 0 Å². The first-order valence-electron chi connectivity index (χ1n) is 22.3. The van der Waals surface area contributed by atoms with Gasteiger partial charge in [-0.1, -0.05) is 140 Å². The minimum Gasteiger partial charge on any atom is -0.457 e. The van der Waals surface area contributed by atoms with Crippen LogP contribution in [0.25, 0.3) is 0 Å². The van der Waals surface area contributed by atoms with Gasteiger partial charge in [-0.25, -0.2) is 4.57 Å². The van der Waals surface area contributed by atoms with Crippen LogP contribution in [0.2, 0.25) is 0 Å². The van der Waals surface area contributed by atoms with Gasteiger partial charge in [-0.05, 0) is 64.2 Å². The lowest BCUT2D eigenvalue weighted by atomic mass is 9.85. The summed E-state index contributed by atoms with van der Waals surface area (Å²) in [6.45, 7) is 4.15. The molecule has 1 rings (SSSR count). The van der Waals surface area contributed by atoms with E-state index in [1.165, 1.54) is 64.2 Å². The maximum Gasteiger partial charge on any atom is 0.472 e.